The summed E-state index contributed by atoms with van der Waals surface area (Å²) in [5, 5.41) is 12.6. The minimum Gasteiger partial charge on any atom is -0.334 e. The van der Waals surface area contributed by atoms with Crippen LogP contribution in [0.5, 0.6) is 0 Å². The average Bonchev–Trinajstić information content (AvgIpc) is 3.00. The van der Waals surface area contributed by atoms with Gasteiger partial charge in [-0.3, -0.25) is 14.9 Å². The van der Waals surface area contributed by atoms with Crippen molar-refractivity contribution < 1.29 is 9.72 Å². The van der Waals surface area contributed by atoms with Crippen LogP contribution in [0.15, 0.2) is 54.4 Å². The number of hydrogen-bond donors (Lipinski definition) is 0. The van der Waals surface area contributed by atoms with Gasteiger partial charge in [-0.25, -0.2) is 0 Å². The van der Waals surface area contributed by atoms with Crippen LogP contribution in [-0.2, 0) is 17.8 Å². The normalized spacial score (nSPS) is 10.2. The summed E-state index contributed by atoms with van der Waals surface area (Å²) in [6.45, 7) is 4.71. The molecular weight excluding hydrogens is 300 g/mol. The molecule has 1 heterocycles. The Morgan fingerprint density at radius 2 is 2.05 bits per heavy atom. The molecule has 114 valence electrons. The maximum atomic E-state index is 12.4. The Bertz CT molecular complexity index is 651. The topological polar surface area (TPSA) is 63.5 Å². The minimum absolute atomic E-state index is 0.0257. The van der Waals surface area contributed by atoms with E-state index in [-0.39, 0.29) is 18.0 Å². The molecule has 0 aliphatic heterocycles. The Labute approximate surface area is 132 Å². The van der Waals surface area contributed by atoms with Gasteiger partial charge in [0.2, 0.25) is 5.91 Å². The molecule has 1 amide bonds. The molecule has 0 bridgehead atoms. The first-order valence-electron chi connectivity index (χ1n) is 6.74. The maximum Gasteiger partial charge on any atom is 0.269 e. The first-order chi connectivity index (χ1) is 10.6. The first kappa shape index (κ1) is 15.9. The van der Waals surface area contributed by atoms with Crippen LogP contribution in [0.2, 0.25) is 0 Å². The molecule has 6 heteroatoms. The number of amides is 1. The number of nitro benzene ring substituents is 1. The Hall–Kier alpha value is -2.47. The quantitative estimate of drug-likeness (QED) is 0.447. The summed E-state index contributed by atoms with van der Waals surface area (Å²) in [5.74, 6) is -0.0258. The number of nitrogens with zero attached hydrogens (tertiary/aromatic N) is 2. The number of benzene rings is 1. The van der Waals surface area contributed by atoms with Crippen LogP contribution >= 0.6 is 11.3 Å². The number of non-ortho nitro benzene ring substituents is 1. The van der Waals surface area contributed by atoms with Gasteiger partial charge in [0.1, 0.15) is 0 Å². The lowest BCUT2D eigenvalue weighted by Gasteiger charge is -2.20. The van der Waals surface area contributed by atoms with Crippen molar-refractivity contribution in [2.75, 3.05) is 6.54 Å². The fourth-order valence-corrected chi connectivity index (χ4v) is 2.74. The molecule has 0 radical (unpaired) electrons. The summed E-state index contributed by atoms with van der Waals surface area (Å²) in [6.07, 6.45) is 1.92. The van der Waals surface area contributed by atoms with E-state index in [0.717, 1.165) is 10.4 Å². The van der Waals surface area contributed by atoms with Crippen LogP contribution < -0.4 is 0 Å². The van der Waals surface area contributed by atoms with E-state index in [4.69, 9.17) is 0 Å². The smallest absolute Gasteiger partial charge is 0.269 e. The predicted octanol–water partition coefficient (Wildman–Crippen LogP) is 3.41. The third kappa shape index (κ3) is 4.26. The average molecular weight is 316 g/mol. The van der Waals surface area contributed by atoms with Crippen LogP contribution in [0.4, 0.5) is 5.69 Å². The summed E-state index contributed by atoms with van der Waals surface area (Å²) in [5.41, 5.74) is 0.786. The lowest BCUT2D eigenvalue weighted by Crippen LogP contribution is -2.31. The molecule has 5 nitrogen and oxygen atoms in total. The fourth-order valence-electron chi connectivity index (χ4n) is 2.02. The zero-order valence-electron chi connectivity index (χ0n) is 12.0. The van der Waals surface area contributed by atoms with Gasteiger partial charge in [0.05, 0.1) is 17.9 Å². The van der Waals surface area contributed by atoms with Crippen LogP contribution in [0.3, 0.4) is 0 Å². The van der Waals surface area contributed by atoms with Crippen molar-refractivity contribution in [2.24, 2.45) is 0 Å². The summed E-state index contributed by atoms with van der Waals surface area (Å²) in [6, 6.07) is 10.0. The third-order valence-corrected chi connectivity index (χ3v) is 3.99. The zero-order valence-corrected chi connectivity index (χ0v) is 12.8. The number of hydrogen-bond acceptors (Lipinski definition) is 4. The molecule has 2 rings (SSSR count). The summed E-state index contributed by atoms with van der Waals surface area (Å²) >= 11 is 1.60. The number of carbonyl (C=O) groups is 1. The molecule has 0 aliphatic rings. The van der Waals surface area contributed by atoms with Crippen molar-refractivity contribution in [3.05, 3.63) is 75.0 Å². The predicted molar refractivity (Wildman–Crippen MR) is 86.7 cm³/mol. The number of rotatable bonds is 7. The Kier molecular flexibility index (Phi) is 5.43. The molecule has 0 atom stereocenters. The van der Waals surface area contributed by atoms with E-state index in [2.05, 4.69) is 6.58 Å². The molecule has 0 N–H and O–H groups in total. The first-order valence-corrected chi connectivity index (χ1v) is 7.62. The maximum absolute atomic E-state index is 12.4. The minimum atomic E-state index is -0.452. The summed E-state index contributed by atoms with van der Waals surface area (Å²) in [7, 11) is 0. The highest BCUT2D eigenvalue weighted by atomic mass is 32.1. The van der Waals surface area contributed by atoms with E-state index in [9.17, 15) is 14.9 Å². The molecule has 1 aromatic heterocycles. The lowest BCUT2D eigenvalue weighted by atomic mass is 10.1. The number of nitro groups is 1. The molecule has 0 saturated heterocycles. The van der Waals surface area contributed by atoms with Crippen molar-refractivity contribution >= 4 is 22.9 Å². The Morgan fingerprint density at radius 1 is 1.32 bits per heavy atom. The van der Waals surface area contributed by atoms with Gasteiger partial charge in [0.25, 0.3) is 5.69 Å². The van der Waals surface area contributed by atoms with Gasteiger partial charge in [-0.15, -0.1) is 17.9 Å². The Morgan fingerprint density at radius 3 is 2.59 bits per heavy atom. The van der Waals surface area contributed by atoms with Gasteiger partial charge in [-0.05, 0) is 17.0 Å². The van der Waals surface area contributed by atoms with E-state index in [0.29, 0.717) is 13.1 Å². The second-order valence-electron chi connectivity index (χ2n) is 4.74. The Balaban J connectivity index is 2.03. The van der Waals surface area contributed by atoms with Gasteiger partial charge in [0.15, 0.2) is 0 Å². The van der Waals surface area contributed by atoms with E-state index in [1.54, 1.807) is 34.4 Å². The summed E-state index contributed by atoms with van der Waals surface area (Å²) in [4.78, 5) is 25.4. The standard InChI is InChI=1S/C16H16N2O3S/c1-2-9-17(12-15-4-3-10-22-15)16(19)11-13-5-7-14(8-6-13)18(20)21/h2-8,10H,1,9,11-12H2. The largest absolute Gasteiger partial charge is 0.334 e. The van der Waals surface area contributed by atoms with Crippen molar-refractivity contribution in [1.82, 2.24) is 4.90 Å². The zero-order chi connectivity index (χ0) is 15.9. The van der Waals surface area contributed by atoms with Gasteiger partial charge >= 0.3 is 0 Å². The molecule has 1 aromatic carbocycles. The summed E-state index contributed by atoms with van der Waals surface area (Å²) < 4.78 is 0. The van der Waals surface area contributed by atoms with Gasteiger partial charge in [0, 0.05) is 23.6 Å². The van der Waals surface area contributed by atoms with Crippen molar-refractivity contribution in [3.8, 4) is 0 Å². The van der Waals surface area contributed by atoms with Gasteiger partial charge in [-0.1, -0.05) is 24.3 Å². The third-order valence-electron chi connectivity index (χ3n) is 3.13. The second kappa shape index (κ2) is 7.51. The second-order valence-corrected chi connectivity index (χ2v) is 5.77. The van der Waals surface area contributed by atoms with Gasteiger partial charge < -0.3 is 4.90 Å². The molecule has 0 saturated carbocycles. The van der Waals surface area contributed by atoms with Crippen LogP contribution in [0.1, 0.15) is 10.4 Å². The van der Waals surface area contributed by atoms with Crippen molar-refractivity contribution in [2.45, 2.75) is 13.0 Å². The SMILES string of the molecule is C=CCN(Cc1cccs1)C(=O)Cc1ccc([N+](=O)[O-])cc1. The highest BCUT2D eigenvalue weighted by Crippen LogP contribution is 2.15. The molecule has 0 unspecified atom stereocenters. The van der Waals surface area contributed by atoms with E-state index >= 15 is 0 Å². The van der Waals surface area contributed by atoms with Crippen molar-refractivity contribution in [3.63, 3.8) is 0 Å². The molecule has 22 heavy (non-hydrogen) atoms. The highest BCUT2D eigenvalue weighted by molar-refractivity contribution is 7.09. The number of carbonyl (C=O) groups excluding carboxylic acids is 1. The van der Waals surface area contributed by atoms with Crippen molar-refractivity contribution in [1.29, 1.82) is 0 Å². The lowest BCUT2D eigenvalue weighted by molar-refractivity contribution is -0.384. The number of thiophene rings is 1. The highest BCUT2D eigenvalue weighted by Gasteiger charge is 2.14. The molecule has 0 spiro atoms. The van der Waals surface area contributed by atoms with E-state index in [1.807, 2.05) is 17.5 Å². The molecule has 0 fully saturated rings. The van der Waals surface area contributed by atoms with Gasteiger partial charge in [-0.2, -0.15) is 0 Å². The molecule has 0 aliphatic carbocycles. The van der Waals surface area contributed by atoms with Crippen LogP contribution in [0, 0.1) is 10.1 Å². The van der Waals surface area contributed by atoms with E-state index in [1.165, 1.54) is 12.1 Å². The van der Waals surface area contributed by atoms with E-state index < -0.39 is 4.92 Å². The monoisotopic (exact) mass is 316 g/mol. The fraction of sp³-hybridized carbons (Fsp3) is 0.188. The van der Waals surface area contributed by atoms with Crippen LogP contribution in [-0.4, -0.2) is 22.3 Å². The molecular formula is C16H16N2O3S. The van der Waals surface area contributed by atoms with Crippen LogP contribution in [0.25, 0.3) is 0 Å². The molecule has 2 aromatic rings.